The monoisotopic (exact) mass is 220 g/mol. The summed E-state index contributed by atoms with van der Waals surface area (Å²) in [6.45, 7) is 1.37. The number of hydrogen-bond acceptors (Lipinski definition) is 3. The molecule has 1 saturated carbocycles. The first-order chi connectivity index (χ1) is 6.31. The van der Waals surface area contributed by atoms with Gasteiger partial charge in [-0.3, -0.25) is 4.57 Å². The van der Waals surface area contributed by atoms with Crippen molar-refractivity contribution in [2.45, 2.75) is 49.7 Å². The van der Waals surface area contributed by atoms with Crippen LogP contribution in [0.5, 0.6) is 0 Å². The lowest BCUT2D eigenvalue weighted by Crippen LogP contribution is -2.36. The highest BCUT2D eigenvalue weighted by Gasteiger charge is 2.67. The molecule has 1 unspecified atom stereocenters. The first-order valence-electron chi connectivity index (χ1n) is 5.09. The van der Waals surface area contributed by atoms with Gasteiger partial charge in [0.2, 0.25) is 0 Å². The molecule has 0 spiro atoms. The summed E-state index contributed by atoms with van der Waals surface area (Å²) in [5, 5.41) is 16.9. The van der Waals surface area contributed by atoms with E-state index in [1.54, 1.807) is 0 Å². The first kappa shape index (κ1) is 10.6. The zero-order valence-corrected chi connectivity index (χ0v) is 9.20. The Balaban J connectivity index is 2.44. The van der Waals surface area contributed by atoms with Gasteiger partial charge >= 0.3 is 0 Å². The SMILES string of the molecule is C[C@@]1(O)C[C@H]2CCCC[C@]2(O)P1(=O)O. The van der Waals surface area contributed by atoms with Gasteiger partial charge in [-0.25, -0.2) is 0 Å². The second kappa shape index (κ2) is 2.82. The second-order valence-corrected chi connectivity index (χ2v) is 7.71. The average Bonchev–Trinajstić information content (AvgIpc) is 2.20. The zero-order valence-electron chi connectivity index (χ0n) is 8.31. The third-order valence-corrected chi connectivity index (χ3v) is 6.94. The number of fused-ring (bicyclic) bond motifs is 1. The molecule has 2 fully saturated rings. The summed E-state index contributed by atoms with van der Waals surface area (Å²) in [6.07, 6.45) is 3.09. The summed E-state index contributed by atoms with van der Waals surface area (Å²) >= 11 is 0. The summed E-state index contributed by atoms with van der Waals surface area (Å²) in [5.41, 5.74) is 0. The summed E-state index contributed by atoms with van der Waals surface area (Å²) in [5.74, 6) is -0.206. The van der Waals surface area contributed by atoms with Crippen molar-refractivity contribution < 1.29 is 19.7 Å². The number of rotatable bonds is 0. The Morgan fingerprint density at radius 2 is 2.00 bits per heavy atom. The van der Waals surface area contributed by atoms with E-state index in [1.807, 2.05) is 0 Å². The lowest BCUT2D eigenvalue weighted by atomic mass is 9.83. The quantitative estimate of drug-likeness (QED) is 0.537. The predicted molar refractivity (Wildman–Crippen MR) is 52.0 cm³/mol. The molecule has 0 aromatic rings. The van der Waals surface area contributed by atoms with Gasteiger partial charge in [0.1, 0.15) is 10.7 Å². The van der Waals surface area contributed by atoms with Crippen molar-refractivity contribution in [2.75, 3.05) is 0 Å². The summed E-state index contributed by atoms with van der Waals surface area (Å²) in [7, 11) is -3.88. The van der Waals surface area contributed by atoms with Gasteiger partial charge in [0.25, 0.3) is 7.37 Å². The van der Waals surface area contributed by atoms with E-state index in [0.29, 0.717) is 6.42 Å². The Morgan fingerprint density at radius 1 is 1.36 bits per heavy atom. The Bertz CT molecular complexity index is 301. The van der Waals surface area contributed by atoms with Gasteiger partial charge < -0.3 is 15.1 Å². The van der Waals surface area contributed by atoms with Gasteiger partial charge in [-0.1, -0.05) is 6.42 Å². The van der Waals surface area contributed by atoms with Gasteiger partial charge in [-0.2, -0.15) is 0 Å². The van der Waals surface area contributed by atoms with Crippen LogP contribution < -0.4 is 0 Å². The zero-order chi connectivity index (χ0) is 10.6. The molecule has 1 heterocycles. The van der Waals surface area contributed by atoms with Gasteiger partial charge in [0.15, 0.2) is 0 Å². The Labute approximate surface area is 83.4 Å². The molecular weight excluding hydrogens is 203 g/mol. The van der Waals surface area contributed by atoms with Crippen LogP contribution in [0, 0.1) is 5.92 Å². The van der Waals surface area contributed by atoms with E-state index in [0.717, 1.165) is 19.3 Å². The highest BCUT2D eigenvalue weighted by Crippen LogP contribution is 2.75. The fourth-order valence-corrected chi connectivity index (χ4v) is 5.36. The molecule has 4 nitrogen and oxygen atoms in total. The molecule has 5 heteroatoms. The van der Waals surface area contributed by atoms with Crippen LogP contribution in [0.2, 0.25) is 0 Å². The smallest absolute Gasteiger partial charge is 0.261 e. The molecule has 0 aromatic carbocycles. The standard InChI is InChI=1S/C9H17O4P/c1-8(10)6-7-4-2-3-5-9(7,11)14(8,12)13/h7,10-11H,2-6H2,1H3,(H,12,13)/t7-,8+,9+/m1/s1. The number of hydrogen-bond donors (Lipinski definition) is 3. The molecule has 2 aliphatic rings. The Kier molecular flexibility index (Phi) is 2.14. The molecular formula is C9H17O4P. The summed E-state index contributed by atoms with van der Waals surface area (Å²) < 4.78 is 12.0. The molecule has 0 bridgehead atoms. The summed E-state index contributed by atoms with van der Waals surface area (Å²) in [6, 6.07) is 0. The van der Waals surface area contributed by atoms with Crippen molar-refractivity contribution in [1.82, 2.24) is 0 Å². The molecule has 4 atom stereocenters. The van der Waals surface area contributed by atoms with Gasteiger partial charge in [-0.15, -0.1) is 0 Å². The predicted octanol–water partition coefficient (Wildman–Crippen LogP) is 1.25. The van der Waals surface area contributed by atoms with Gasteiger partial charge in [-0.05, 0) is 32.6 Å². The van der Waals surface area contributed by atoms with Crippen LogP contribution in [-0.4, -0.2) is 25.8 Å². The molecule has 0 amide bonds. The van der Waals surface area contributed by atoms with E-state index >= 15 is 0 Å². The average molecular weight is 220 g/mol. The minimum atomic E-state index is -3.88. The molecule has 1 aliphatic heterocycles. The Hall–Kier alpha value is 0.110. The van der Waals surface area contributed by atoms with Crippen LogP contribution >= 0.6 is 7.37 Å². The Morgan fingerprint density at radius 3 is 2.57 bits per heavy atom. The third-order valence-electron chi connectivity index (χ3n) is 3.81. The van der Waals surface area contributed by atoms with Crippen LogP contribution in [0.3, 0.4) is 0 Å². The normalized spacial score (nSPS) is 58.4. The molecule has 82 valence electrons. The third kappa shape index (κ3) is 1.09. The lowest BCUT2D eigenvalue weighted by molar-refractivity contribution is 0.0237. The molecule has 3 N–H and O–H groups in total. The summed E-state index contributed by atoms with van der Waals surface area (Å²) in [4.78, 5) is 9.83. The first-order valence-corrected chi connectivity index (χ1v) is 6.75. The van der Waals surface area contributed by atoms with Gasteiger partial charge in [0, 0.05) is 5.92 Å². The molecule has 1 aliphatic carbocycles. The van der Waals surface area contributed by atoms with Gasteiger partial charge in [0.05, 0.1) is 0 Å². The maximum Gasteiger partial charge on any atom is 0.261 e. The largest absolute Gasteiger partial charge is 0.380 e. The highest BCUT2D eigenvalue weighted by molar-refractivity contribution is 7.61. The fourth-order valence-electron chi connectivity index (χ4n) is 2.88. The van der Waals surface area contributed by atoms with Crippen LogP contribution in [0.1, 0.15) is 39.0 Å². The minimum Gasteiger partial charge on any atom is -0.380 e. The van der Waals surface area contributed by atoms with Crippen LogP contribution in [0.25, 0.3) is 0 Å². The van der Waals surface area contributed by atoms with E-state index in [4.69, 9.17) is 0 Å². The molecule has 14 heavy (non-hydrogen) atoms. The van der Waals surface area contributed by atoms with Crippen LogP contribution in [0.4, 0.5) is 0 Å². The van der Waals surface area contributed by atoms with Crippen molar-refractivity contribution in [2.24, 2.45) is 5.92 Å². The maximum atomic E-state index is 12.0. The van der Waals surface area contributed by atoms with E-state index in [2.05, 4.69) is 0 Å². The maximum absolute atomic E-state index is 12.0. The van der Waals surface area contributed by atoms with E-state index in [1.165, 1.54) is 6.92 Å². The molecule has 2 rings (SSSR count). The fraction of sp³-hybridized carbons (Fsp3) is 1.00. The molecule has 1 saturated heterocycles. The van der Waals surface area contributed by atoms with Crippen LogP contribution in [0.15, 0.2) is 0 Å². The van der Waals surface area contributed by atoms with E-state index < -0.39 is 18.1 Å². The van der Waals surface area contributed by atoms with Crippen LogP contribution in [-0.2, 0) is 4.57 Å². The van der Waals surface area contributed by atoms with Crippen molar-refractivity contribution in [3.8, 4) is 0 Å². The highest BCUT2D eigenvalue weighted by atomic mass is 31.2. The van der Waals surface area contributed by atoms with E-state index in [-0.39, 0.29) is 12.3 Å². The van der Waals surface area contributed by atoms with Crippen molar-refractivity contribution in [1.29, 1.82) is 0 Å². The van der Waals surface area contributed by atoms with Crippen molar-refractivity contribution in [3.63, 3.8) is 0 Å². The topological polar surface area (TPSA) is 77.8 Å². The second-order valence-electron chi connectivity index (χ2n) is 4.82. The molecule has 0 aromatic heterocycles. The van der Waals surface area contributed by atoms with E-state index in [9.17, 15) is 19.7 Å². The van der Waals surface area contributed by atoms with Crippen molar-refractivity contribution in [3.05, 3.63) is 0 Å². The lowest BCUT2D eigenvalue weighted by Gasteiger charge is -2.36. The van der Waals surface area contributed by atoms with Crippen molar-refractivity contribution >= 4 is 7.37 Å². The number of aliphatic hydroxyl groups is 2. The minimum absolute atomic E-state index is 0.206. The molecule has 0 radical (unpaired) electrons.